The van der Waals surface area contributed by atoms with E-state index < -0.39 is 0 Å². The van der Waals surface area contributed by atoms with Gasteiger partial charge in [0.1, 0.15) is 5.75 Å². The predicted octanol–water partition coefficient (Wildman–Crippen LogP) is 5.61. The van der Waals surface area contributed by atoms with Crippen molar-refractivity contribution < 1.29 is 4.74 Å². The predicted molar refractivity (Wildman–Crippen MR) is 98.3 cm³/mol. The molecule has 23 heavy (non-hydrogen) atoms. The van der Waals surface area contributed by atoms with Gasteiger partial charge in [-0.1, -0.05) is 36.4 Å². The first-order chi connectivity index (χ1) is 11.2. The summed E-state index contributed by atoms with van der Waals surface area (Å²) in [5.74, 6) is 0.874. The van der Waals surface area contributed by atoms with Crippen molar-refractivity contribution in [2.75, 3.05) is 6.61 Å². The molecular weight excluding hydrogens is 282 g/mol. The first-order valence-corrected chi connectivity index (χ1v) is 7.94. The molecule has 0 aliphatic rings. The summed E-state index contributed by atoms with van der Waals surface area (Å²) in [6.45, 7) is 6.83. The third-order valence-electron chi connectivity index (χ3n) is 3.78. The molecule has 0 saturated heterocycles. The molecule has 0 fully saturated rings. The number of nitrogens with zero attached hydrogens (tertiary/aromatic N) is 1. The number of hydrogen-bond acceptors (Lipinski definition) is 2. The molecule has 0 radical (unpaired) electrons. The highest BCUT2D eigenvalue weighted by Gasteiger charge is 2.06. The maximum absolute atomic E-state index is 5.79. The van der Waals surface area contributed by atoms with Gasteiger partial charge in [0.15, 0.2) is 0 Å². The molecule has 0 atom stereocenters. The summed E-state index contributed by atoms with van der Waals surface area (Å²) in [7, 11) is 0. The summed E-state index contributed by atoms with van der Waals surface area (Å²) in [5.41, 5.74) is 4.45. The van der Waals surface area contributed by atoms with Crippen molar-refractivity contribution in [3.05, 3.63) is 71.3 Å². The topological polar surface area (TPSA) is 21.6 Å². The van der Waals surface area contributed by atoms with Crippen LogP contribution in [0, 0.1) is 13.8 Å². The molecule has 0 amide bonds. The Labute approximate surface area is 137 Å². The molecule has 3 aromatic carbocycles. The van der Waals surface area contributed by atoms with Crippen LogP contribution in [0.5, 0.6) is 5.75 Å². The lowest BCUT2D eigenvalue weighted by atomic mass is 10.0. The van der Waals surface area contributed by atoms with E-state index in [4.69, 9.17) is 4.74 Å². The standard InChI is InChI=1S/C21H21NO/c1-4-23-21-10-9-17-7-5-6-8-19(17)20(21)14-22-18-12-15(2)11-16(3)13-18/h5-14H,4H2,1-3H3. The zero-order valence-electron chi connectivity index (χ0n) is 13.8. The zero-order valence-corrected chi connectivity index (χ0v) is 13.8. The SMILES string of the molecule is CCOc1ccc2ccccc2c1C=Nc1cc(C)cc(C)c1. The van der Waals surface area contributed by atoms with Crippen molar-refractivity contribution in [2.24, 2.45) is 4.99 Å². The Hall–Kier alpha value is -2.61. The van der Waals surface area contributed by atoms with Crippen LogP contribution in [0.4, 0.5) is 5.69 Å². The number of benzene rings is 3. The molecule has 3 rings (SSSR count). The van der Waals surface area contributed by atoms with Crippen LogP contribution >= 0.6 is 0 Å². The zero-order chi connectivity index (χ0) is 16.2. The minimum absolute atomic E-state index is 0.642. The third-order valence-corrected chi connectivity index (χ3v) is 3.78. The molecule has 0 aliphatic heterocycles. The Bertz CT molecular complexity index is 845. The number of aryl methyl sites for hydroxylation is 2. The fourth-order valence-corrected chi connectivity index (χ4v) is 2.85. The van der Waals surface area contributed by atoms with Gasteiger partial charge < -0.3 is 4.74 Å². The van der Waals surface area contributed by atoms with E-state index >= 15 is 0 Å². The van der Waals surface area contributed by atoms with E-state index in [2.05, 4.69) is 55.2 Å². The normalized spacial score (nSPS) is 11.3. The van der Waals surface area contributed by atoms with E-state index in [1.165, 1.54) is 16.5 Å². The first kappa shape index (κ1) is 15.3. The molecule has 0 spiro atoms. The molecule has 2 nitrogen and oxygen atoms in total. The number of fused-ring (bicyclic) bond motifs is 1. The number of hydrogen-bond donors (Lipinski definition) is 0. The lowest BCUT2D eigenvalue weighted by Crippen LogP contribution is -1.97. The quantitative estimate of drug-likeness (QED) is 0.574. The Morgan fingerprint density at radius 3 is 2.43 bits per heavy atom. The summed E-state index contributed by atoms with van der Waals surface area (Å²) in [6, 6.07) is 18.8. The van der Waals surface area contributed by atoms with Gasteiger partial charge in [0.2, 0.25) is 0 Å². The van der Waals surface area contributed by atoms with E-state index in [1.54, 1.807) is 0 Å². The van der Waals surface area contributed by atoms with Crippen molar-refractivity contribution in [3.63, 3.8) is 0 Å². The van der Waals surface area contributed by atoms with Crippen molar-refractivity contribution in [3.8, 4) is 5.75 Å². The Morgan fingerprint density at radius 2 is 1.70 bits per heavy atom. The Balaban J connectivity index is 2.09. The van der Waals surface area contributed by atoms with Crippen LogP contribution in [0.2, 0.25) is 0 Å². The second-order valence-corrected chi connectivity index (χ2v) is 5.74. The maximum Gasteiger partial charge on any atom is 0.128 e. The Kier molecular flexibility index (Phi) is 4.42. The summed E-state index contributed by atoms with van der Waals surface area (Å²) in [5, 5.41) is 2.35. The summed E-state index contributed by atoms with van der Waals surface area (Å²) >= 11 is 0. The van der Waals surface area contributed by atoms with Gasteiger partial charge in [-0.3, -0.25) is 4.99 Å². The molecule has 116 valence electrons. The Morgan fingerprint density at radius 1 is 0.957 bits per heavy atom. The van der Waals surface area contributed by atoms with E-state index in [1.807, 2.05) is 31.3 Å². The fraction of sp³-hybridized carbons (Fsp3) is 0.190. The molecule has 0 bridgehead atoms. The van der Waals surface area contributed by atoms with Crippen molar-refractivity contribution >= 4 is 22.7 Å². The average molecular weight is 303 g/mol. The van der Waals surface area contributed by atoms with Crippen LogP contribution < -0.4 is 4.74 Å². The number of ether oxygens (including phenoxy) is 1. The second kappa shape index (κ2) is 6.66. The fourth-order valence-electron chi connectivity index (χ4n) is 2.85. The molecule has 0 aromatic heterocycles. The van der Waals surface area contributed by atoms with Crippen molar-refractivity contribution in [1.29, 1.82) is 0 Å². The van der Waals surface area contributed by atoms with Crippen LogP contribution in [0.3, 0.4) is 0 Å². The molecule has 0 unspecified atom stereocenters. The van der Waals surface area contributed by atoms with Crippen molar-refractivity contribution in [1.82, 2.24) is 0 Å². The lowest BCUT2D eigenvalue weighted by molar-refractivity contribution is 0.340. The smallest absolute Gasteiger partial charge is 0.128 e. The average Bonchev–Trinajstić information content (AvgIpc) is 2.53. The third kappa shape index (κ3) is 3.42. The molecule has 0 saturated carbocycles. The van der Waals surface area contributed by atoms with Crippen molar-refractivity contribution in [2.45, 2.75) is 20.8 Å². The van der Waals surface area contributed by atoms with E-state index in [9.17, 15) is 0 Å². The lowest BCUT2D eigenvalue weighted by Gasteiger charge is -2.10. The van der Waals surface area contributed by atoms with E-state index in [0.29, 0.717) is 6.61 Å². The molecule has 0 N–H and O–H groups in total. The van der Waals surface area contributed by atoms with Crippen LogP contribution in [0.15, 0.2) is 59.6 Å². The second-order valence-electron chi connectivity index (χ2n) is 5.74. The van der Waals surface area contributed by atoms with Crippen LogP contribution in [-0.4, -0.2) is 12.8 Å². The van der Waals surface area contributed by atoms with E-state index in [-0.39, 0.29) is 0 Å². The minimum Gasteiger partial charge on any atom is -0.493 e. The molecule has 0 aliphatic carbocycles. The molecule has 0 heterocycles. The van der Waals surface area contributed by atoms with Gasteiger partial charge in [-0.2, -0.15) is 0 Å². The van der Waals surface area contributed by atoms with Gasteiger partial charge in [0.05, 0.1) is 12.3 Å². The van der Waals surface area contributed by atoms with E-state index in [0.717, 1.165) is 22.4 Å². The summed E-state index contributed by atoms with van der Waals surface area (Å²) in [4.78, 5) is 4.69. The highest BCUT2D eigenvalue weighted by molar-refractivity contribution is 6.03. The summed E-state index contributed by atoms with van der Waals surface area (Å²) in [6.07, 6.45) is 1.92. The number of rotatable bonds is 4. The van der Waals surface area contributed by atoms with Gasteiger partial charge in [0.25, 0.3) is 0 Å². The van der Waals surface area contributed by atoms with Gasteiger partial charge >= 0.3 is 0 Å². The van der Waals surface area contributed by atoms with Crippen LogP contribution in [0.25, 0.3) is 10.8 Å². The highest BCUT2D eigenvalue weighted by Crippen LogP contribution is 2.27. The molecular formula is C21H21NO. The number of aliphatic imine (C=N–C) groups is 1. The van der Waals surface area contributed by atoms with Crippen LogP contribution in [0.1, 0.15) is 23.6 Å². The maximum atomic E-state index is 5.79. The minimum atomic E-state index is 0.642. The summed E-state index contributed by atoms with van der Waals surface area (Å²) < 4.78 is 5.79. The van der Waals surface area contributed by atoms with Crippen LogP contribution in [-0.2, 0) is 0 Å². The highest BCUT2D eigenvalue weighted by atomic mass is 16.5. The van der Waals surface area contributed by atoms with Gasteiger partial charge in [-0.25, -0.2) is 0 Å². The van der Waals surface area contributed by atoms with Gasteiger partial charge in [0, 0.05) is 11.8 Å². The van der Waals surface area contributed by atoms with Gasteiger partial charge in [-0.15, -0.1) is 0 Å². The monoisotopic (exact) mass is 303 g/mol. The molecule has 3 aromatic rings. The van der Waals surface area contributed by atoms with Gasteiger partial charge in [-0.05, 0) is 60.9 Å². The first-order valence-electron chi connectivity index (χ1n) is 7.94. The molecule has 2 heteroatoms. The largest absolute Gasteiger partial charge is 0.493 e.